The normalized spacial score (nSPS) is 12.3. The van der Waals surface area contributed by atoms with Gasteiger partial charge in [0, 0.05) is 5.69 Å². The van der Waals surface area contributed by atoms with Crippen LogP contribution in [0.25, 0.3) is 0 Å². The Morgan fingerprint density at radius 3 is 2.36 bits per heavy atom. The Hall–Kier alpha value is -2.78. The molecule has 0 fully saturated rings. The molecule has 0 aliphatic heterocycles. The molecule has 150 valence electrons. The van der Waals surface area contributed by atoms with Crippen molar-refractivity contribution in [1.29, 1.82) is 0 Å². The quantitative estimate of drug-likeness (QED) is 0.685. The molecule has 1 amide bonds. The lowest BCUT2D eigenvalue weighted by atomic mass is 10.2. The number of sulfonamides is 1. The third kappa shape index (κ3) is 5.86. The summed E-state index contributed by atoms with van der Waals surface area (Å²) in [4.78, 5) is 23.8. The summed E-state index contributed by atoms with van der Waals surface area (Å²) in [5.74, 6) is -2.07. The maximum atomic E-state index is 13.5. The highest BCUT2D eigenvalue weighted by Gasteiger charge is 2.23. The van der Waals surface area contributed by atoms with Gasteiger partial charge in [0.15, 0.2) is 6.61 Å². The first kappa shape index (κ1) is 21.5. The summed E-state index contributed by atoms with van der Waals surface area (Å²) in [6.45, 7) is 4.08. The molecule has 2 N–H and O–H groups in total. The number of benzene rings is 2. The van der Waals surface area contributed by atoms with Gasteiger partial charge in [-0.15, -0.1) is 0 Å². The SMILES string of the molecule is Cc1ccc(S(=O)(=O)N[C@@H](C)C(=O)OCC(=O)Nc2ccc(C)c(F)c2)cc1. The standard InChI is InChI=1S/C19H21FN2O5S/c1-12-4-8-16(9-5-12)28(25,26)22-14(3)19(24)27-11-18(23)21-15-7-6-13(2)17(20)10-15/h4-10,14,22H,11H2,1-3H3,(H,21,23)/t14-/m0/s1. The van der Waals surface area contributed by atoms with Gasteiger partial charge >= 0.3 is 5.97 Å². The van der Waals surface area contributed by atoms with Gasteiger partial charge in [0.2, 0.25) is 10.0 Å². The average molecular weight is 408 g/mol. The van der Waals surface area contributed by atoms with Gasteiger partial charge in [-0.1, -0.05) is 23.8 Å². The summed E-state index contributed by atoms with van der Waals surface area (Å²) in [5.41, 5.74) is 1.54. The minimum absolute atomic E-state index is 0.0110. The highest BCUT2D eigenvalue weighted by Crippen LogP contribution is 2.13. The lowest BCUT2D eigenvalue weighted by molar-refractivity contribution is -0.148. The van der Waals surface area contributed by atoms with Gasteiger partial charge in [0.05, 0.1) is 4.90 Å². The molecule has 0 bridgehead atoms. The summed E-state index contributed by atoms with van der Waals surface area (Å²) in [6, 6.07) is 9.07. The van der Waals surface area contributed by atoms with Crippen LogP contribution in [0.4, 0.5) is 10.1 Å². The van der Waals surface area contributed by atoms with Crippen LogP contribution in [0, 0.1) is 19.7 Å². The molecule has 0 spiro atoms. The molecule has 7 nitrogen and oxygen atoms in total. The number of halogens is 1. The van der Waals surface area contributed by atoms with E-state index in [1.807, 2.05) is 6.92 Å². The van der Waals surface area contributed by atoms with Crippen LogP contribution in [-0.2, 0) is 24.3 Å². The topological polar surface area (TPSA) is 102 Å². The number of amides is 1. The zero-order valence-corrected chi connectivity index (χ0v) is 16.5. The van der Waals surface area contributed by atoms with Crippen LogP contribution < -0.4 is 10.0 Å². The van der Waals surface area contributed by atoms with Crippen LogP contribution in [0.1, 0.15) is 18.1 Å². The van der Waals surface area contributed by atoms with E-state index in [-0.39, 0.29) is 10.6 Å². The van der Waals surface area contributed by atoms with E-state index in [1.165, 1.54) is 31.2 Å². The number of esters is 1. The molecule has 1 atom stereocenters. The maximum absolute atomic E-state index is 13.5. The van der Waals surface area contributed by atoms with Crippen LogP contribution in [0.2, 0.25) is 0 Å². The Morgan fingerprint density at radius 2 is 1.75 bits per heavy atom. The predicted molar refractivity (Wildman–Crippen MR) is 102 cm³/mol. The van der Waals surface area contributed by atoms with Crippen molar-refractivity contribution in [2.24, 2.45) is 0 Å². The van der Waals surface area contributed by atoms with Crippen molar-refractivity contribution in [3.63, 3.8) is 0 Å². The first-order valence-electron chi connectivity index (χ1n) is 8.40. The molecule has 0 aliphatic rings. The Kier molecular flexibility index (Phi) is 6.87. The Balaban J connectivity index is 1.88. The molecule has 28 heavy (non-hydrogen) atoms. The van der Waals surface area contributed by atoms with Gasteiger partial charge in [0.25, 0.3) is 5.91 Å². The Bertz CT molecular complexity index is 974. The fourth-order valence-corrected chi connectivity index (χ4v) is 3.39. The second kappa shape index (κ2) is 8.94. The molecule has 9 heteroatoms. The highest BCUT2D eigenvalue weighted by molar-refractivity contribution is 7.89. The number of nitrogens with one attached hydrogen (secondary N) is 2. The second-order valence-corrected chi connectivity index (χ2v) is 7.99. The molecule has 0 unspecified atom stereocenters. The van der Waals surface area contributed by atoms with Crippen molar-refractivity contribution in [2.75, 3.05) is 11.9 Å². The van der Waals surface area contributed by atoms with Crippen LogP contribution in [0.5, 0.6) is 0 Å². The molecular formula is C19H21FN2O5S. The molecule has 0 heterocycles. The number of aryl methyl sites for hydroxylation is 2. The van der Waals surface area contributed by atoms with E-state index >= 15 is 0 Å². The molecule has 0 saturated heterocycles. The molecule has 0 aliphatic carbocycles. The minimum atomic E-state index is -3.91. The average Bonchev–Trinajstić information content (AvgIpc) is 2.62. The smallest absolute Gasteiger partial charge is 0.324 e. The predicted octanol–water partition coefficient (Wildman–Crippen LogP) is 2.29. The van der Waals surface area contributed by atoms with Crippen molar-refractivity contribution in [1.82, 2.24) is 4.72 Å². The molecule has 0 radical (unpaired) electrons. The van der Waals surface area contributed by atoms with Crippen molar-refractivity contribution < 1.29 is 27.1 Å². The van der Waals surface area contributed by atoms with Crippen LogP contribution >= 0.6 is 0 Å². The van der Waals surface area contributed by atoms with Gasteiger partial charge in [0.1, 0.15) is 11.9 Å². The zero-order chi connectivity index (χ0) is 20.9. The van der Waals surface area contributed by atoms with Crippen molar-refractivity contribution in [2.45, 2.75) is 31.7 Å². The van der Waals surface area contributed by atoms with Crippen molar-refractivity contribution in [3.05, 3.63) is 59.4 Å². The monoisotopic (exact) mass is 408 g/mol. The maximum Gasteiger partial charge on any atom is 0.324 e. The number of carbonyl (C=O) groups excluding carboxylic acids is 2. The molecule has 2 aromatic rings. The second-order valence-electron chi connectivity index (χ2n) is 6.28. The zero-order valence-electron chi connectivity index (χ0n) is 15.7. The lowest BCUT2D eigenvalue weighted by Crippen LogP contribution is -2.40. The third-order valence-electron chi connectivity index (χ3n) is 3.82. The van der Waals surface area contributed by atoms with Gasteiger partial charge in [-0.3, -0.25) is 9.59 Å². The number of hydrogen-bond donors (Lipinski definition) is 2. The molecule has 2 aromatic carbocycles. The van der Waals surface area contributed by atoms with Gasteiger partial charge < -0.3 is 10.1 Å². The summed E-state index contributed by atoms with van der Waals surface area (Å²) in [5, 5.41) is 2.39. The van der Waals surface area contributed by atoms with E-state index in [0.29, 0.717) is 5.56 Å². The highest BCUT2D eigenvalue weighted by atomic mass is 32.2. The number of ether oxygens (including phenoxy) is 1. The van der Waals surface area contributed by atoms with Gasteiger partial charge in [-0.05, 0) is 50.6 Å². The van der Waals surface area contributed by atoms with Crippen LogP contribution in [0.3, 0.4) is 0 Å². The van der Waals surface area contributed by atoms with Crippen LogP contribution in [0.15, 0.2) is 47.4 Å². The first-order valence-corrected chi connectivity index (χ1v) is 9.88. The number of rotatable bonds is 7. The Morgan fingerprint density at radius 1 is 1.11 bits per heavy atom. The molecule has 0 saturated carbocycles. The molecule has 0 aromatic heterocycles. The number of anilines is 1. The Labute approximate surface area is 163 Å². The lowest BCUT2D eigenvalue weighted by Gasteiger charge is -2.14. The fraction of sp³-hybridized carbons (Fsp3) is 0.263. The summed E-state index contributed by atoms with van der Waals surface area (Å²) >= 11 is 0. The number of hydrogen-bond acceptors (Lipinski definition) is 5. The fourth-order valence-electron chi connectivity index (χ4n) is 2.20. The van der Waals surface area contributed by atoms with Crippen molar-refractivity contribution >= 4 is 27.6 Å². The van der Waals surface area contributed by atoms with E-state index in [2.05, 4.69) is 10.0 Å². The van der Waals surface area contributed by atoms with E-state index in [1.54, 1.807) is 19.1 Å². The van der Waals surface area contributed by atoms with Crippen LogP contribution in [-0.4, -0.2) is 32.9 Å². The molecular weight excluding hydrogens is 387 g/mol. The number of carbonyl (C=O) groups is 2. The van der Waals surface area contributed by atoms with Crippen molar-refractivity contribution in [3.8, 4) is 0 Å². The third-order valence-corrected chi connectivity index (χ3v) is 5.37. The van der Waals surface area contributed by atoms with E-state index in [0.717, 1.165) is 11.6 Å². The molecule has 2 rings (SSSR count). The van der Waals surface area contributed by atoms with Gasteiger partial charge in [-0.25, -0.2) is 12.8 Å². The largest absolute Gasteiger partial charge is 0.454 e. The van der Waals surface area contributed by atoms with E-state index < -0.39 is 40.4 Å². The summed E-state index contributed by atoms with van der Waals surface area (Å²) < 4.78 is 45.0. The first-order chi connectivity index (χ1) is 13.1. The van der Waals surface area contributed by atoms with Gasteiger partial charge in [-0.2, -0.15) is 4.72 Å². The summed E-state index contributed by atoms with van der Waals surface area (Å²) in [7, 11) is -3.91. The van der Waals surface area contributed by atoms with E-state index in [4.69, 9.17) is 4.74 Å². The van der Waals surface area contributed by atoms with E-state index in [9.17, 15) is 22.4 Å². The minimum Gasteiger partial charge on any atom is -0.454 e. The summed E-state index contributed by atoms with van der Waals surface area (Å²) in [6.07, 6.45) is 0.